The summed E-state index contributed by atoms with van der Waals surface area (Å²) in [5.74, 6) is 1.05. The van der Waals surface area contributed by atoms with Gasteiger partial charge in [-0.2, -0.15) is 0 Å². The fourth-order valence-electron chi connectivity index (χ4n) is 1.57. The highest BCUT2D eigenvalue weighted by Crippen LogP contribution is 2.29. The molecule has 4 nitrogen and oxygen atoms in total. The van der Waals surface area contributed by atoms with Crippen LogP contribution in [0.4, 0.5) is 5.82 Å². The summed E-state index contributed by atoms with van der Waals surface area (Å²) in [6.45, 7) is 0. The van der Waals surface area contributed by atoms with Crippen LogP contribution in [0.2, 0.25) is 0 Å². The third kappa shape index (κ3) is 3.01. The molecule has 1 aromatic heterocycles. The minimum atomic E-state index is 0.0158. The number of aromatic nitrogens is 2. The SMILES string of the molecule is O=C(CC1CCC1)Nc1ncc(Br)nc1Br. The van der Waals surface area contributed by atoms with Gasteiger partial charge in [0.25, 0.3) is 0 Å². The van der Waals surface area contributed by atoms with Gasteiger partial charge in [0.2, 0.25) is 5.91 Å². The van der Waals surface area contributed by atoms with Crippen LogP contribution in [0.25, 0.3) is 0 Å². The zero-order valence-corrected chi connectivity index (χ0v) is 11.7. The largest absolute Gasteiger partial charge is 0.308 e. The average molecular weight is 349 g/mol. The van der Waals surface area contributed by atoms with Gasteiger partial charge in [0, 0.05) is 6.42 Å². The molecule has 16 heavy (non-hydrogen) atoms. The average Bonchev–Trinajstić information content (AvgIpc) is 2.16. The fraction of sp³-hybridized carbons (Fsp3) is 0.500. The molecule has 1 fully saturated rings. The van der Waals surface area contributed by atoms with Crippen LogP contribution in [-0.4, -0.2) is 15.9 Å². The molecular weight excluding hydrogens is 338 g/mol. The van der Waals surface area contributed by atoms with Crippen molar-refractivity contribution in [2.75, 3.05) is 5.32 Å². The molecule has 0 aliphatic heterocycles. The van der Waals surface area contributed by atoms with Gasteiger partial charge < -0.3 is 5.32 Å². The molecule has 2 rings (SSSR count). The smallest absolute Gasteiger partial charge is 0.225 e. The van der Waals surface area contributed by atoms with Gasteiger partial charge >= 0.3 is 0 Å². The summed E-state index contributed by atoms with van der Waals surface area (Å²) in [6.07, 6.45) is 5.73. The number of hydrogen-bond acceptors (Lipinski definition) is 3. The van der Waals surface area contributed by atoms with E-state index in [0.29, 0.717) is 27.4 Å². The number of nitrogens with zero attached hydrogens (tertiary/aromatic N) is 2. The predicted octanol–water partition coefficient (Wildman–Crippen LogP) is 3.13. The van der Waals surface area contributed by atoms with Crippen LogP contribution in [0.1, 0.15) is 25.7 Å². The Morgan fingerprint density at radius 2 is 2.25 bits per heavy atom. The lowest BCUT2D eigenvalue weighted by Crippen LogP contribution is -2.21. The van der Waals surface area contributed by atoms with Crippen LogP contribution in [0, 0.1) is 5.92 Å². The number of carbonyl (C=O) groups excluding carboxylic acids is 1. The van der Waals surface area contributed by atoms with Gasteiger partial charge in [-0.3, -0.25) is 4.79 Å². The van der Waals surface area contributed by atoms with Crippen molar-refractivity contribution in [2.45, 2.75) is 25.7 Å². The molecule has 1 amide bonds. The summed E-state index contributed by atoms with van der Waals surface area (Å²) in [6, 6.07) is 0. The monoisotopic (exact) mass is 347 g/mol. The zero-order chi connectivity index (χ0) is 11.5. The molecule has 0 spiro atoms. The van der Waals surface area contributed by atoms with Crippen LogP contribution in [0.15, 0.2) is 15.4 Å². The second kappa shape index (κ2) is 5.23. The summed E-state index contributed by atoms with van der Waals surface area (Å²) in [5.41, 5.74) is 0. The van der Waals surface area contributed by atoms with Crippen molar-refractivity contribution in [2.24, 2.45) is 5.92 Å². The third-order valence-corrected chi connectivity index (χ3v) is 3.59. The fourth-order valence-corrected chi connectivity index (χ4v) is 2.48. The molecule has 0 aromatic carbocycles. The summed E-state index contributed by atoms with van der Waals surface area (Å²) < 4.78 is 1.18. The Labute approximate surface area is 111 Å². The Morgan fingerprint density at radius 3 is 2.81 bits per heavy atom. The lowest BCUT2D eigenvalue weighted by molar-refractivity contribution is -0.117. The van der Waals surface area contributed by atoms with Gasteiger partial charge in [-0.25, -0.2) is 9.97 Å². The molecule has 1 aliphatic carbocycles. The molecule has 86 valence electrons. The molecule has 6 heteroatoms. The lowest BCUT2D eigenvalue weighted by Gasteiger charge is -2.24. The number of rotatable bonds is 3. The zero-order valence-electron chi connectivity index (χ0n) is 8.54. The van der Waals surface area contributed by atoms with Crippen molar-refractivity contribution in [3.8, 4) is 0 Å². The number of amides is 1. The van der Waals surface area contributed by atoms with Crippen molar-refractivity contribution in [1.29, 1.82) is 0 Å². The molecule has 1 aromatic rings. The number of anilines is 1. The quantitative estimate of drug-likeness (QED) is 0.912. The summed E-state index contributed by atoms with van der Waals surface area (Å²) >= 11 is 6.46. The summed E-state index contributed by atoms with van der Waals surface area (Å²) in [5, 5.41) is 2.76. The molecule has 0 unspecified atom stereocenters. The van der Waals surface area contributed by atoms with E-state index in [1.54, 1.807) is 6.20 Å². The molecular formula is C10H11Br2N3O. The third-order valence-electron chi connectivity index (χ3n) is 2.66. The molecule has 0 atom stereocenters. The molecule has 1 N–H and O–H groups in total. The van der Waals surface area contributed by atoms with Crippen LogP contribution < -0.4 is 5.32 Å². The second-order valence-electron chi connectivity index (χ2n) is 3.88. The van der Waals surface area contributed by atoms with Crippen LogP contribution >= 0.6 is 31.9 Å². The van der Waals surface area contributed by atoms with Crippen molar-refractivity contribution >= 4 is 43.6 Å². The number of halogens is 2. The minimum absolute atomic E-state index is 0.0158. The lowest BCUT2D eigenvalue weighted by atomic mass is 9.83. The van der Waals surface area contributed by atoms with Crippen LogP contribution in [0.5, 0.6) is 0 Å². The molecule has 1 saturated carbocycles. The highest BCUT2D eigenvalue weighted by molar-refractivity contribution is 9.11. The molecule has 1 heterocycles. The maximum absolute atomic E-state index is 11.6. The normalized spacial score (nSPS) is 15.6. The van der Waals surface area contributed by atoms with Crippen molar-refractivity contribution in [1.82, 2.24) is 9.97 Å². The highest BCUT2D eigenvalue weighted by atomic mass is 79.9. The Bertz CT molecular complexity index is 407. The van der Waals surface area contributed by atoms with E-state index in [1.807, 2.05) is 0 Å². The molecule has 0 saturated heterocycles. The summed E-state index contributed by atoms with van der Waals surface area (Å²) in [4.78, 5) is 19.8. The van der Waals surface area contributed by atoms with Gasteiger partial charge in [-0.15, -0.1) is 0 Å². The summed E-state index contributed by atoms with van der Waals surface area (Å²) in [7, 11) is 0. The van der Waals surface area contributed by atoms with Gasteiger partial charge in [0.1, 0.15) is 9.21 Å². The first-order chi connectivity index (χ1) is 7.65. The predicted molar refractivity (Wildman–Crippen MR) is 68.0 cm³/mol. The van der Waals surface area contributed by atoms with E-state index in [1.165, 1.54) is 19.3 Å². The number of nitrogens with one attached hydrogen (secondary N) is 1. The van der Waals surface area contributed by atoms with Gasteiger partial charge in [0.05, 0.1) is 6.20 Å². The van der Waals surface area contributed by atoms with Gasteiger partial charge in [0.15, 0.2) is 5.82 Å². The molecule has 0 bridgehead atoms. The second-order valence-corrected chi connectivity index (χ2v) is 5.44. The standard InChI is InChI=1S/C10H11Br2N3O/c11-7-5-13-10(9(12)14-7)15-8(16)4-6-2-1-3-6/h5-6H,1-4H2,(H,13,15,16). The van der Waals surface area contributed by atoms with Crippen LogP contribution in [0.3, 0.4) is 0 Å². The first-order valence-electron chi connectivity index (χ1n) is 5.13. The minimum Gasteiger partial charge on any atom is -0.308 e. The Kier molecular flexibility index (Phi) is 3.91. The Morgan fingerprint density at radius 1 is 1.50 bits per heavy atom. The van der Waals surface area contributed by atoms with E-state index in [-0.39, 0.29) is 5.91 Å². The van der Waals surface area contributed by atoms with E-state index in [2.05, 4.69) is 47.1 Å². The molecule has 1 aliphatic rings. The van der Waals surface area contributed by atoms with E-state index >= 15 is 0 Å². The van der Waals surface area contributed by atoms with E-state index in [9.17, 15) is 4.79 Å². The van der Waals surface area contributed by atoms with Crippen LogP contribution in [-0.2, 0) is 4.79 Å². The first-order valence-corrected chi connectivity index (χ1v) is 6.71. The Hall–Kier alpha value is -0.490. The maximum atomic E-state index is 11.6. The van der Waals surface area contributed by atoms with Gasteiger partial charge in [-0.1, -0.05) is 6.42 Å². The Balaban J connectivity index is 1.94. The van der Waals surface area contributed by atoms with Crippen molar-refractivity contribution < 1.29 is 4.79 Å². The highest BCUT2D eigenvalue weighted by Gasteiger charge is 2.21. The van der Waals surface area contributed by atoms with E-state index < -0.39 is 0 Å². The number of carbonyl (C=O) groups is 1. The van der Waals surface area contributed by atoms with E-state index in [0.717, 1.165) is 0 Å². The first kappa shape index (κ1) is 12.0. The van der Waals surface area contributed by atoms with Crippen molar-refractivity contribution in [3.05, 3.63) is 15.4 Å². The number of hydrogen-bond donors (Lipinski definition) is 1. The van der Waals surface area contributed by atoms with Crippen molar-refractivity contribution in [3.63, 3.8) is 0 Å². The molecule has 0 radical (unpaired) electrons. The maximum Gasteiger partial charge on any atom is 0.225 e. The topological polar surface area (TPSA) is 54.9 Å². The van der Waals surface area contributed by atoms with E-state index in [4.69, 9.17) is 0 Å². The van der Waals surface area contributed by atoms with Gasteiger partial charge in [-0.05, 0) is 50.6 Å².